The zero-order chi connectivity index (χ0) is 13.0. The molecule has 0 heterocycles. The first kappa shape index (κ1) is 13.1. The van der Waals surface area contributed by atoms with E-state index in [0.29, 0.717) is 6.04 Å². The molecule has 1 aromatic carbocycles. The van der Waals surface area contributed by atoms with Crippen molar-refractivity contribution in [3.8, 4) is 0 Å². The van der Waals surface area contributed by atoms with Crippen LogP contribution in [0.3, 0.4) is 0 Å². The molecule has 0 aliphatic heterocycles. The quantitative estimate of drug-likeness (QED) is 0.746. The van der Waals surface area contributed by atoms with Crippen molar-refractivity contribution < 1.29 is 4.79 Å². The van der Waals surface area contributed by atoms with Gasteiger partial charge in [-0.05, 0) is 51.0 Å². The van der Waals surface area contributed by atoms with Crippen molar-refractivity contribution in [3.05, 3.63) is 29.8 Å². The smallest absolute Gasteiger partial charge is 0.159 e. The number of rotatable bonds is 4. The van der Waals surface area contributed by atoms with E-state index in [2.05, 4.69) is 24.0 Å². The molecule has 2 nitrogen and oxygen atoms in total. The molecule has 0 radical (unpaired) electrons. The predicted molar refractivity (Wildman–Crippen MR) is 76.3 cm³/mol. The van der Waals surface area contributed by atoms with E-state index in [0.717, 1.165) is 12.1 Å². The number of ketones is 1. The molecule has 1 aromatic rings. The normalized spacial score (nSPS) is 16.6. The first-order valence-corrected chi connectivity index (χ1v) is 7.10. The van der Waals surface area contributed by atoms with Crippen LogP contribution < -0.4 is 4.90 Å². The van der Waals surface area contributed by atoms with Gasteiger partial charge in [0.05, 0.1) is 0 Å². The van der Waals surface area contributed by atoms with Crippen LogP contribution in [0, 0.1) is 0 Å². The number of benzene rings is 1. The molecule has 1 aliphatic carbocycles. The lowest BCUT2D eigenvalue weighted by Crippen LogP contribution is -2.36. The van der Waals surface area contributed by atoms with Crippen LogP contribution in [0.25, 0.3) is 0 Å². The maximum Gasteiger partial charge on any atom is 0.159 e. The zero-order valence-corrected chi connectivity index (χ0v) is 11.5. The Bertz CT molecular complexity index is 390. The summed E-state index contributed by atoms with van der Waals surface area (Å²) in [4.78, 5) is 13.8. The zero-order valence-electron chi connectivity index (χ0n) is 11.5. The lowest BCUT2D eigenvalue weighted by molar-refractivity contribution is 0.101. The summed E-state index contributed by atoms with van der Waals surface area (Å²) in [5.74, 6) is 0.141. The van der Waals surface area contributed by atoms with Gasteiger partial charge in [0.2, 0.25) is 0 Å². The molecule has 1 aliphatic rings. The third kappa shape index (κ3) is 2.92. The van der Waals surface area contributed by atoms with Crippen LogP contribution in [-0.4, -0.2) is 18.4 Å². The van der Waals surface area contributed by atoms with E-state index >= 15 is 0 Å². The second-order valence-electron chi connectivity index (χ2n) is 5.18. The fourth-order valence-corrected chi connectivity index (χ4v) is 2.93. The van der Waals surface area contributed by atoms with Crippen LogP contribution in [-0.2, 0) is 0 Å². The highest BCUT2D eigenvalue weighted by atomic mass is 16.1. The van der Waals surface area contributed by atoms with Gasteiger partial charge in [-0.25, -0.2) is 0 Å². The van der Waals surface area contributed by atoms with Crippen molar-refractivity contribution in [2.24, 2.45) is 0 Å². The fraction of sp³-hybridized carbons (Fsp3) is 0.562. The first-order valence-electron chi connectivity index (χ1n) is 7.10. The van der Waals surface area contributed by atoms with Crippen LogP contribution in [0.5, 0.6) is 0 Å². The first-order chi connectivity index (χ1) is 8.72. The third-order valence-corrected chi connectivity index (χ3v) is 3.96. The molecule has 0 N–H and O–H groups in total. The molecule has 0 bridgehead atoms. The maximum absolute atomic E-state index is 11.3. The Morgan fingerprint density at radius 3 is 2.28 bits per heavy atom. The van der Waals surface area contributed by atoms with E-state index in [9.17, 15) is 4.79 Å². The fourth-order valence-electron chi connectivity index (χ4n) is 2.93. The second-order valence-corrected chi connectivity index (χ2v) is 5.18. The topological polar surface area (TPSA) is 20.3 Å². The van der Waals surface area contributed by atoms with Crippen LogP contribution >= 0.6 is 0 Å². The molecule has 0 unspecified atom stereocenters. The third-order valence-electron chi connectivity index (χ3n) is 3.96. The summed E-state index contributed by atoms with van der Waals surface area (Å²) in [5, 5.41) is 0. The Morgan fingerprint density at radius 2 is 1.78 bits per heavy atom. The summed E-state index contributed by atoms with van der Waals surface area (Å²) >= 11 is 0. The van der Waals surface area contributed by atoms with Gasteiger partial charge in [-0.15, -0.1) is 0 Å². The number of anilines is 1. The maximum atomic E-state index is 11.3. The Kier molecular flexibility index (Phi) is 4.40. The van der Waals surface area contributed by atoms with Crippen molar-refractivity contribution in [2.45, 2.75) is 52.0 Å². The molecule has 98 valence electrons. The predicted octanol–water partition coefficient (Wildman–Crippen LogP) is 4.05. The Balaban J connectivity index is 2.13. The van der Waals surface area contributed by atoms with Crippen LogP contribution in [0.2, 0.25) is 0 Å². The molecular formula is C16H23NO. The van der Waals surface area contributed by atoms with Gasteiger partial charge in [-0.3, -0.25) is 4.79 Å². The minimum absolute atomic E-state index is 0.141. The average molecular weight is 245 g/mol. The van der Waals surface area contributed by atoms with Gasteiger partial charge < -0.3 is 4.90 Å². The van der Waals surface area contributed by atoms with E-state index < -0.39 is 0 Å². The summed E-state index contributed by atoms with van der Waals surface area (Å²) in [5.41, 5.74) is 2.06. The molecule has 0 aromatic heterocycles. The van der Waals surface area contributed by atoms with Crippen molar-refractivity contribution in [3.63, 3.8) is 0 Å². The lowest BCUT2D eigenvalue weighted by atomic mass is 9.93. The minimum atomic E-state index is 0.141. The Labute approximate surface area is 110 Å². The number of nitrogens with zero attached hydrogens (tertiary/aromatic N) is 1. The molecule has 0 saturated heterocycles. The molecule has 0 spiro atoms. The largest absolute Gasteiger partial charge is 0.369 e. The molecule has 2 heteroatoms. The summed E-state index contributed by atoms with van der Waals surface area (Å²) in [7, 11) is 0. The lowest BCUT2D eigenvalue weighted by Gasteiger charge is -2.35. The number of carbonyl (C=O) groups excluding carboxylic acids is 1. The molecule has 0 atom stereocenters. The highest BCUT2D eigenvalue weighted by Crippen LogP contribution is 2.27. The summed E-state index contributed by atoms with van der Waals surface area (Å²) < 4.78 is 0. The van der Waals surface area contributed by atoms with Crippen molar-refractivity contribution in [1.29, 1.82) is 0 Å². The van der Waals surface area contributed by atoms with Gasteiger partial charge in [-0.2, -0.15) is 0 Å². The van der Waals surface area contributed by atoms with Gasteiger partial charge in [-0.1, -0.05) is 19.3 Å². The monoisotopic (exact) mass is 245 g/mol. The van der Waals surface area contributed by atoms with E-state index in [4.69, 9.17) is 0 Å². The van der Waals surface area contributed by atoms with Gasteiger partial charge in [0.1, 0.15) is 0 Å². The van der Waals surface area contributed by atoms with E-state index in [-0.39, 0.29) is 5.78 Å². The number of hydrogen-bond donors (Lipinski definition) is 0. The van der Waals surface area contributed by atoms with Gasteiger partial charge in [0.15, 0.2) is 5.78 Å². The molecular weight excluding hydrogens is 222 g/mol. The van der Waals surface area contributed by atoms with E-state index in [1.807, 2.05) is 12.1 Å². The Morgan fingerprint density at radius 1 is 1.17 bits per heavy atom. The van der Waals surface area contributed by atoms with Gasteiger partial charge in [0.25, 0.3) is 0 Å². The highest BCUT2D eigenvalue weighted by molar-refractivity contribution is 5.94. The summed E-state index contributed by atoms with van der Waals surface area (Å²) in [6.07, 6.45) is 6.71. The van der Waals surface area contributed by atoms with Gasteiger partial charge >= 0.3 is 0 Å². The molecule has 1 saturated carbocycles. The number of carbonyl (C=O) groups is 1. The highest BCUT2D eigenvalue weighted by Gasteiger charge is 2.20. The second kappa shape index (κ2) is 6.03. The standard InChI is InChI=1S/C16H23NO/c1-3-17(15-7-5-4-6-8-15)16-11-9-14(10-12-16)13(2)18/h9-12,15H,3-8H2,1-2H3. The molecule has 1 fully saturated rings. The van der Waals surface area contributed by atoms with Crippen molar-refractivity contribution in [1.82, 2.24) is 0 Å². The van der Waals surface area contributed by atoms with E-state index in [1.54, 1.807) is 6.92 Å². The number of hydrogen-bond acceptors (Lipinski definition) is 2. The SMILES string of the molecule is CCN(c1ccc(C(C)=O)cc1)C1CCCCC1. The molecule has 0 amide bonds. The summed E-state index contributed by atoms with van der Waals surface area (Å²) in [6.45, 7) is 4.88. The average Bonchev–Trinajstić information content (AvgIpc) is 2.41. The van der Waals surface area contributed by atoms with E-state index in [1.165, 1.54) is 37.8 Å². The Hall–Kier alpha value is -1.31. The molecule has 18 heavy (non-hydrogen) atoms. The van der Waals surface area contributed by atoms with Crippen molar-refractivity contribution >= 4 is 11.5 Å². The van der Waals surface area contributed by atoms with Crippen LogP contribution in [0.15, 0.2) is 24.3 Å². The minimum Gasteiger partial charge on any atom is -0.369 e. The van der Waals surface area contributed by atoms with Crippen molar-refractivity contribution in [2.75, 3.05) is 11.4 Å². The number of Topliss-reactive ketones (excluding diaryl/α,β-unsaturated/α-hetero) is 1. The van der Waals surface area contributed by atoms with Crippen LogP contribution in [0.1, 0.15) is 56.3 Å². The summed E-state index contributed by atoms with van der Waals surface area (Å²) in [6, 6.07) is 8.77. The van der Waals surface area contributed by atoms with Gasteiger partial charge in [0, 0.05) is 23.8 Å². The molecule has 2 rings (SSSR count). The van der Waals surface area contributed by atoms with Crippen LogP contribution in [0.4, 0.5) is 5.69 Å².